The van der Waals surface area contributed by atoms with Crippen LogP contribution in [0.4, 0.5) is 0 Å². The van der Waals surface area contributed by atoms with Gasteiger partial charge in [-0.05, 0) is 47.5 Å². The lowest BCUT2D eigenvalue weighted by Crippen LogP contribution is -3.28. The molecule has 0 unspecified atom stereocenters. The highest BCUT2D eigenvalue weighted by molar-refractivity contribution is 5.44. The summed E-state index contributed by atoms with van der Waals surface area (Å²) < 4.78 is 13.2. The van der Waals surface area contributed by atoms with Crippen LogP contribution in [0.15, 0.2) is 30.9 Å². The van der Waals surface area contributed by atoms with Gasteiger partial charge in [0.15, 0.2) is 17.5 Å². The summed E-state index contributed by atoms with van der Waals surface area (Å²) in [6, 6.07) is 6.70. The molecule has 1 aromatic heterocycles. The van der Waals surface area contributed by atoms with Gasteiger partial charge in [-0.3, -0.25) is 0 Å². The van der Waals surface area contributed by atoms with Crippen molar-refractivity contribution in [3.63, 3.8) is 0 Å². The maximum absolute atomic E-state index is 5.62. The Morgan fingerprint density at radius 3 is 2.52 bits per heavy atom. The first-order valence-electron chi connectivity index (χ1n) is 11.5. The van der Waals surface area contributed by atoms with Gasteiger partial charge in [0.2, 0.25) is 5.82 Å². The number of hydrogen-bond acceptors (Lipinski definition) is 5. The summed E-state index contributed by atoms with van der Waals surface area (Å²) in [6.07, 6.45) is 8.15. The number of ether oxygens (including phenoxy) is 2. The van der Waals surface area contributed by atoms with Gasteiger partial charge >= 0.3 is 0 Å². The van der Waals surface area contributed by atoms with Crippen molar-refractivity contribution < 1.29 is 19.3 Å². The summed E-state index contributed by atoms with van der Waals surface area (Å²) in [6.45, 7) is 9.32. The van der Waals surface area contributed by atoms with Crippen LogP contribution in [0.2, 0.25) is 0 Å². The molecule has 2 heterocycles. The van der Waals surface area contributed by atoms with Crippen LogP contribution in [0.3, 0.4) is 0 Å². The van der Waals surface area contributed by atoms with Crippen LogP contribution in [-0.2, 0) is 0 Å². The van der Waals surface area contributed by atoms with Crippen LogP contribution in [0.25, 0.3) is 0 Å². The number of quaternary nitrogens is 2. The van der Waals surface area contributed by atoms with Gasteiger partial charge in [0.05, 0.1) is 26.8 Å². The SMILES string of the molecule is C=CC[NH+]1CC[NH+]([C@@H](c2ccc(OC)c(OC)c2)c2nnnn2C2CCCCC2)CC1. The number of methoxy groups -OCH3 is 2. The van der Waals surface area contributed by atoms with Crippen LogP contribution in [0, 0.1) is 0 Å². The fraction of sp³-hybridized carbons (Fsp3) is 0.609. The Hall–Kier alpha value is -2.45. The van der Waals surface area contributed by atoms with E-state index in [9.17, 15) is 0 Å². The molecule has 0 radical (unpaired) electrons. The molecule has 4 rings (SSSR count). The van der Waals surface area contributed by atoms with E-state index in [1.807, 2.05) is 12.1 Å². The second kappa shape index (κ2) is 10.2. The summed E-state index contributed by atoms with van der Waals surface area (Å²) in [5.41, 5.74) is 1.17. The van der Waals surface area contributed by atoms with E-state index in [4.69, 9.17) is 9.47 Å². The average molecular weight is 429 g/mol. The van der Waals surface area contributed by atoms with Crippen LogP contribution in [-0.4, -0.2) is 67.2 Å². The van der Waals surface area contributed by atoms with E-state index in [-0.39, 0.29) is 6.04 Å². The smallest absolute Gasteiger partial charge is 0.214 e. The molecule has 2 fully saturated rings. The first-order valence-corrected chi connectivity index (χ1v) is 11.5. The van der Waals surface area contributed by atoms with E-state index in [0.29, 0.717) is 6.04 Å². The van der Waals surface area contributed by atoms with Crippen molar-refractivity contribution in [3.8, 4) is 11.5 Å². The number of tetrazole rings is 1. The predicted molar refractivity (Wildman–Crippen MR) is 118 cm³/mol. The zero-order valence-electron chi connectivity index (χ0n) is 18.8. The highest BCUT2D eigenvalue weighted by Gasteiger charge is 2.37. The molecule has 1 aliphatic heterocycles. The summed E-state index contributed by atoms with van der Waals surface area (Å²) >= 11 is 0. The number of rotatable bonds is 8. The lowest BCUT2D eigenvalue weighted by Gasteiger charge is -2.34. The zero-order valence-corrected chi connectivity index (χ0v) is 18.8. The largest absolute Gasteiger partial charge is 0.493 e. The van der Waals surface area contributed by atoms with E-state index in [1.165, 1.54) is 29.7 Å². The molecular formula is C23H36N6O2+2. The predicted octanol–water partition coefficient (Wildman–Crippen LogP) is 0.254. The molecule has 0 amide bonds. The summed E-state index contributed by atoms with van der Waals surface area (Å²) in [5, 5.41) is 13.2. The molecule has 1 saturated heterocycles. The second-order valence-corrected chi connectivity index (χ2v) is 8.72. The Morgan fingerprint density at radius 2 is 1.84 bits per heavy atom. The molecule has 31 heavy (non-hydrogen) atoms. The Bertz CT molecular complexity index is 856. The van der Waals surface area contributed by atoms with E-state index < -0.39 is 0 Å². The molecular weight excluding hydrogens is 392 g/mol. The van der Waals surface area contributed by atoms with E-state index in [2.05, 4.69) is 38.9 Å². The maximum Gasteiger partial charge on any atom is 0.214 e. The lowest BCUT2D eigenvalue weighted by molar-refractivity contribution is -1.02. The molecule has 0 bridgehead atoms. The summed E-state index contributed by atoms with van der Waals surface area (Å²) in [4.78, 5) is 3.10. The molecule has 2 aromatic rings. The van der Waals surface area contributed by atoms with Crippen LogP contribution in [0.1, 0.15) is 55.6 Å². The molecule has 2 aliphatic rings. The molecule has 8 nitrogen and oxygen atoms in total. The Morgan fingerprint density at radius 1 is 1.10 bits per heavy atom. The zero-order chi connectivity index (χ0) is 21.6. The van der Waals surface area contributed by atoms with Gasteiger partial charge in [-0.25, -0.2) is 4.68 Å². The van der Waals surface area contributed by atoms with E-state index >= 15 is 0 Å². The van der Waals surface area contributed by atoms with Gasteiger partial charge in [0, 0.05) is 5.56 Å². The minimum absolute atomic E-state index is 0.0713. The van der Waals surface area contributed by atoms with Crippen molar-refractivity contribution >= 4 is 0 Å². The highest BCUT2D eigenvalue weighted by Crippen LogP contribution is 2.33. The van der Waals surface area contributed by atoms with Gasteiger partial charge in [-0.2, -0.15) is 0 Å². The molecule has 0 spiro atoms. The van der Waals surface area contributed by atoms with Crippen molar-refractivity contribution in [2.24, 2.45) is 0 Å². The standard InChI is InChI=1S/C23H34N6O2/c1-4-12-27-13-15-28(16-14-27)22(18-10-11-20(30-2)21(17-18)31-3)23-24-25-26-29(23)19-8-6-5-7-9-19/h4,10-11,17,19,22H,1,5-9,12-16H2,2-3H3/p+2/t22-/m0/s1. The molecule has 168 valence electrons. The monoisotopic (exact) mass is 428 g/mol. The summed E-state index contributed by atoms with van der Waals surface area (Å²) in [5.74, 6) is 2.46. The van der Waals surface area contributed by atoms with Crippen LogP contribution < -0.4 is 19.3 Å². The van der Waals surface area contributed by atoms with Crippen molar-refractivity contribution in [1.82, 2.24) is 20.2 Å². The number of hydrogen-bond donors (Lipinski definition) is 2. The molecule has 8 heteroatoms. The highest BCUT2D eigenvalue weighted by atomic mass is 16.5. The fourth-order valence-electron chi connectivity index (χ4n) is 5.20. The Kier molecular flexibility index (Phi) is 7.19. The number of aromatic nitrogens is 4. The fourth-order valence-corrected chi connectivity index (χ4v) is 5.20. The van der Waals surface area contributed by atoms with Crippen LogP contribution >= 0.6 is 0 Å². The Labute approximate surface area is 184 Å². The second-order valence-electron chi connectivity index (χ2n) is 8.72. The normalized spacial score (nSPS) is 23.3. The van der Waals surface area contributed by atoms with E-state index in [0.717, 1.165) is 62.9 Å². The third-order valence-electron chi connectivity index (χ3n) is 6.88. The lowest BCUT2D eigenvalue weighted by atomic mass is 9.95. The molecule has 1 aliphatic carbocycles. The van der Waals surface area contributed by atoms with Crippen molar-refractivity contribution in [2.45, 2.75) is 44.2 Å². The number of benzene rings is 1. The van der Waals surface area contributed by atoms with E-state index in [1.54, 1.807) is 19.1 Å². The quantitative estimate of drug-likeness (QED) is 0.590. The van der Waals surface area contributed by atoms with Gasteiger partial charge in [0.1, 0.15) is 26.2 Å². The third kappa shape index (κ3) is 4.75. The molecule has 1 atom stereocenters. The molecule has 2 N–H and O–H groups in total. The maximum atomic E-state index is 5.62. The van der Waals surface area contributed by atoms with Crippen molar-refractivity contribution in [2.75, 3.05) is 46.9 Å². The topological polar surface area (TPSA) is 70.9 Å². The minimum atomic E-state index is 0.0713. The molecule has 1 aromatic carbocycles. The average Bonchev–Trinajstić information content (AvgIpc) is 3.30. The minimum Gasteiger partial charge on any atom is -0.493 e. The third-order valence-corrected chi connectivity index (χ3v) is 6.88. The van der Waals surface area contributed by atoms with Crippen molar-refractivity contribution in [3.05, 3.63) is 42.2 Å². The number of nitrogens with zero attached hydrogens (tertiary/aromatic N) is 4. The number of nitrogens with one attached hydrogen (secondary N) is 2. The van der Waals surface area contributed by atoms with Crippen LogP contribution in [0.5, 0.6) is 11.5 Å². The van der Waals surface area contributed by atoms with Crippen molar-refractivity contribution in [1.29, 1.82) is 0 Å². The number of piperazine rings is 1. The van der Waals surface area contributed by atoms with Gasteiger partial charge in [0.25, 0.3) is 0 Å². The van der Waals surface area contributed by atoms with Gasteiger partial charge in [-0.1, -0.05) is 25.8 Å². The van der Waals surface area contributed by atoms with Gasteiger partial charge in [-0.15, -0.1) is 5.10 Å². The summed E-state index contributed by atoms with van der Waals surface area (Å²) in [7, 11) is 3.36. The first-order chi connectivity index (χ1) is 15.2. The first kappa shape index (κ1) is 21.8. The Balaban J connectivity index is 1.69. The van der Waals surface area contributed by atoms with Gasteiger partial charge < -0.3 is 19.3 Å². The molecule has 1 saturated carbocycles.